The summed E-state index contributed by atoms with van der Waals surface area (Å²) in [5.74, 6) is -0.234. The molecule has 24 heavy (non-hydrogen) atoms. The number of carbonyl (C=O) groups excluding carboxylic acids is 1. The number of hydrogen-bond donors (Lipinski definition) is 2. The number of H-pyrrole nitrogens is 1. The summed E-state index contributed by atoms with van der Waals surface area (Å²) in [4.78, 5) is 28.0. The van der Waals surface area contributed by atoms with Crippen LogP contribution in [0.2, 0.25) is 0 Å². The summed E-state index contributed by atoms with van der Waals surface area (Å²) in [7, 11) is 0. The van der Waals surface area contributed by atoms with Crippen molar-refractivity contribution in [3.8, 4) is 0 Å². The van der Waals surface area contributed by atoms with Crippen molar-refractivity contribution in [3.05, 3.63) is 50.3 Å². The minimum Gasteiger partial charge on any atom is -0.322 e. The first-order valence-electron chi connectivity index (χ1n) is 7.91. The largest absolute Gasteiger partial charge is 0.322 e. The number of fused-ring (bicyclic) bond motifs is 3. The van der Waals surface area contributed by atoms with E-state index in [0.717, 1.165) is 59.2 Å². The zero-order chi connectivity index (χ0) is 16.7. The van der Waals surface area contributed by atoms with Crippen molar-refractivity contribution < 1.29 is 4.79 Å². The van der Waals surface area contributed by atoms with E-state index in [1.807, 2.05) is 18.2 Å². The highest BCUT2D eigenvalue weighted by Gasteiger charge is 2.17. The van der Waals surface area contributed by atoms with Gasteiger partial charge in [-0.2, -0.15) is 0 Å². The van der Waals surface area contributed by atoms with E-state index >= 15 is 0 Å². The van der Waals surface area contributed by atoms with E-state index < -0.39 is 0 Å². The summed E-state index contributed by atoms with van der Waals surface area (Å²) >= 11 is 1.07. The summed E-state index contributed by atoms with van der Waals surface area (Å²) in [5.41, 5.74) is 4.07. The van der Waals surface area contributed by atoms with Crippen molar-refractivity contribution >= 4 is 34.0 Å². The Morgan fingerprint density at radius 3 is 2.79 bits per heavy atom. The maximum Gasteiger partial charge on any atom is 0.269 e. The maximum absolute atomic E-state index is 12.3. The topological polar surface area (TPSA) is 87.7 Å². The third kappa shape index (κ3) is 2.50. The van der Waals surface area contributed by atoms with Crippen LogP contribution in [0.25, 0.3) is 10.9 Å². The number of aromatic nitrogens is 3. The third-order valence-electron chi connectivity index (χ3n) is 4.45. The Hall–Kier alpha value is -2.54. The van der Waals surface area contributed by atoms with Crippen LogP contribution >= 0.6 is 11.5 Å². The molecule has 0 spiro atoms. The fourth-order valence-electron chi connectivity index (χ4n) is 3.27. The van der Waals surface area contributed by atoms with Crippen LogP contribution in [0, 0.1) is 6.92 Å². The molecule has 0 saturated carbocycles. The predicted octanol–water partition coefficient (Wildman–Crippen LogP) is 2.82. The number of anilines is 1. The van der Waals surface area contributed by atoms with Crippen LogP contribution in [-0.2, 0) is 12.8 Å². The number of hydrogen-bond acceptors (Lipinski definition) is 5. The number of nitrogens with zero attached hydrogens (tertiary/aromatic N) is 2. The van der Waals surface area contributed by atoms with Crippen molar-refractivity contribution in [2.45, 2.75) is 32.6 Å². The zero-order valence-electron chi connectivity index (χ0n) is 13.2. The smallest absolute Gasteiger partial charge is 0.269 e. The average molecular weight is 340 g/mol. The van der Waals surface area contributed by atoms with Gasteiger partial charge in [-0.1, -0.05) is 10.6 Å². The van der Waals surface area contributed by atoms with Crippen LogP contribution in [0.15, 0.2) is 23.0 Å². The molecule has 2 aromatic heterocycles. The first kappa shape index (κ1) is 15.0. The number of aromatic amines is 1. The van der Waals surface area contributed by atoms with Gasteiger partial charge in [0, 0.05) is 16.6 Å². The Bertz CT molecular complexity index is 1010. The Morgan fingerprint density at radius 1 is 1.25 bits per heavy atom. The third-order valence-corrected chi connectivity index (χ3v) is 5.28. The van der Waals surface area contributed by atoms with Crippen LogP contribution in [0.3, 0.4) is 0 Å². The number of carbonyl (C=O) groups is 1. The molecule has 0 saturated heterocycles. The van der Waals surface area contributed by atoms with Gasteiger partial charge in [0.25, 0.3) is 11.5 Å². The summed E-state index contributed by atoms with van der Waals surface area (Å²) in [6.45, 7) is 1.75. The highest BCUT2D eigenvalue weighted by Crippen LogP contribution is 2.27. The molecule has 1 aromatic carbocycles. The van der Waals surface area contributed by atoms with E-state index in [2.05, 4.69) is 19.9 Å². The highest BCUT2D eigenvalue weighted by atomic mass is 32.1. The van der Waals surface area contributed by atoms with Gasteiger partial charge in [-0.05, 0) is 61.8 Å². The molecule has 0 radical (unpaired) electrons. The highest BCUT2D eigenvalue weighted by molar-refractivity contribution is 7.08. The van der Waals surface area contributed by atoms with Gasteiger partial charge in [0.1, 0.15) is 4.88 Å². The van der Waals surface area contributed by atoms with Crippen molar-refractivity contribution in [2.75, 3.05) is 5.32 Å². The number of rotatable bonds is 2. The molecule has 3 aromatic rings. The molecule has 0 unspecified atom stereocenters. The van der Waals surface area contributed by atoms with E-state index in [-0.39, 0.29) is 11.5 Å². The number of aryl methyl sites for hydroxylation is 2. The second kappa shape index (κ2) is 5.83. The molecule has 4 rings (SSSR count). The second-order valence-corrected chi connectivity index (χ2v) is 6.77. The molecule has 122 valence electrons. The molecule has 7 heteroatoms. The minimum atomic E-state index is -0.234. The van der Waals surface area contributed by atoms with E-state index in [1.54, 1.807) is 6.92 Å². The molecule has 2 heterocycles. The predicted molar refractivity (Wildman–Crippen MR) is 93.8 cm³/mol. The number of nitrogens with one attached hydrogen (secondary N) is 2. The van der Waals surface area contributed by atoms with Crippen LogP contribution in [0.1, 0.15) is 39.3 Å². The van der Waals surface area contributed by atoms with E-state index in [4.69, 9.17) is 0 Å². The average Bonchev–Trinajstić information content (AvgIpc) is 3.01. The molecule has 0 fully saturated rings. The Labute approximate surface area is 142 Å². The van der Waals surface area contributed by atoms with Crippen LogP contribution in [0.4, 0.5) is 5.69 Å². The Morgan fingerprint density at radius 2 is 2.04 bits per heavy atom. The van der Waals surface area contributed by atoms with Gasteiger partial charge in [0.05, 0.1) is 11.2 Å². The fourth-order valence-corrected chi connectivity index (χ4v) is 3.82. The molecular weight excluding hydrogens is 324 g/mol. The Balaban J connectivity index is 1.73. The molecule has 0 atom stereocenters. The van der Waals surface area contributed by atoms with Crippen LogP contribution in [0.5, 0.6) is 0 Å². The Kier molecular flexibility index (Phi) is 3.65. The molecule has 2 N–H and O–H groups in total. The zero-order valence-corrected chi connectivity index (χ0v) is 14.0. The van der Waals surface area contributed by atoms with Gasteiger partial charge < -0.3 is 10.3 Å². The van der Waals surface area contributed by atoms with E-state index in [1.165, 1.54) is 0 Å². The summed E-state index contributed by atoms with van der Waals surface area (Å²) in [6.07, 6.45) is 3.96. The van der Waals surface area contributed by atoms with Gasteiger partial charge in [-0.15, -0.1) is 5.10 Å². The number of pyridine rings is 1. The van der Waals surface area contributed by atoms with Gasteiger partial charge >= 0.3 is 0 Å². The van der Waals surface area contributed by atoms with Gasteiger partial charge in [0.15, 0.2) is 0 Å². The summed E-state index contributed by atoms with van der Waals surface area (Å²) < 4.78 is 3.78. The minimum absolute atomic E-state index is 0.0109. The van der Waals surface area contributed by atoms with Crippen molar-refractivity contribution in [3.63, 3.8) is 0 Å². The molecule has 1 amide bonds. The van der Waals surface area contributed by atoms with Crippen LogP contribution in [-0.4, -0.2) is 20.5 Å². The molecule has 1 aliphatic rings. The number of benzene rings is 1. The monoisotopic (exact) mass is 340 g/mol. The molecule has 1 aliphatic carbocycles. The summed E-state index contributed by atoms with van der Waals surface area (Å²) in [6, 6.07) is 5.66. The van der Waals surface area contributed by atoms with Crippen molar-refractivity contribution in [2.24, 2.45) is 0 Å². The quantitative estimate of drug-likeness (QED) is 0.751. The van der Waals surface area contributed by atoms with Gasteiger partial charge in [-0.3, -0.25) is 9.59 Å². The standard InChI is InChI=1S/C17H16N4O2S/c1-9-15(24-21-20-9)17(23)18-10-6-7-12-11-4-2-3-5-13(11)16(22)19-14(12)8-10/h6-8H,2-5H2,1H3,(H,18,23)(H,19,22). The van der Waals surface area contributed by atoms with Gasteiger partial charge in [0.2, 0.25) is 0 Å². The molecule has 0 aliphatic heterocycles. The fraction of sp³-hybridized carbons (Fsp3) is 0.294. The molecular formula is C17H16N4O2S. The van der Waals surface area contributed by atoms with Crippen molar-refractivity contribution in [1.29, 1.82) is 0 Å². The summed E-state index contributed by atoms with van der Waals surface area (Å²) in [5, 5.41) is 7.76. The lowest BCUT2D eigenvalue weighted by atomic mass is 9.90. The van der Waals surface area contributed by atoms with Gasteiger partial charge in [-0.25, -0.2) is 0 Å². The van der Waals surface area contributed by atoms with Crippen molar-refractivity contribution in [1.82, 2.24) is 14.6 Å². The van der Waals surface area contributed by atoms with Crippen LogP contribution < -0.4 is 10.9 Å². The SMILES string of the molecule is Cc1nnsc1C(=O)Nc1ccc2c3c(c(=O)[nH]c2c1)CCCC3. The lowest BCUT2D eigenvalue weighted by molar-refractivity contribution is 0.103. The molecule has 6 nitrogen and oxygen atoms in total. The van der Waals surface area contributed by atoms with E-state index in [0.29, 0.717) is 16.3 Å². The lowest BCUT2D eigenvalue weighted by Crippen LogP contribution is -2.19. The second-order valence-electron chi connectivity index (χ2n) is 6.02. The molecule has 0 bridgehead atoms. The lowest BCUT2D eigenvalue weighted by Gasteiger charge is -2.17. The first-order chi connectivity index (χ1) is 11.6. The number of amides is 1. The first-order valence-corrected chi connectivity index (χ1v) is 8.69. The van der Waals surface area contributed by atoms with E-state index in [9.17, 15) is 9.59 Å². The maximum atomic E-state index is 12.3. The normalized spacial score (nSPS) is 13.7.